The van der Waals surface area contributed by atoms with E-state index in [1.807, 2.05) is 27.7 Å². The number of likely N-dealkylation sites (N-methyl/N-ethyl adjacent to an activating group) is 2. The summed E-state index contributed by atoms with van der Waals surface area (Å²) in [4.78, 5) is 16.0. The van der Waals surface area contributed by atoms with E-state index in [9.17, 15) is 21.4 Å². The van der Waals surface area contributed by atoms with E-state index < -0.39 is 30.8 Å². The van der Waals surface area contributed by atoms with Crippen molar-refractivity contribution in [3.8, 4) is 0 Å². The summed E-state index contributed by atoms with van der Waals surface area (Å²) in [5, 5.41) is 2.90. The molecule has 1 aromatic carbocycles. The number of aromatic nitrogens is 3. The maximum Gasteiger partial charge on any atom is 0.425 e. The zero-order chi connectivity index (χ0) is 30.3. The molecule has 218 valence electrons. The van der Waals surface area contributed by atoms with E-state index in [1.54, 1.807) is 37.0 Å². The Bertz CT molecular complexity index is 1310. The van der Waals surface area contributed by atoms with Gasteiger partial charge in [-0.25, -0.2) is 12.7 Å². The first kappa shape index (κ1) is 37.2. The Balaban J connectivity index is 0. The highest BCUT2D eigenvalue weighted by Crippen LogP contribution is 2.21. The highest BCUT2D eigenvalue weighted by molar-refractivity contribution is 7.88. The number of benzene rings is 1. The molecule has 15 nitrogen and oxygen atoms in total. The standard InChI is InChI=1S/C16H25N7O5S2.2C2H6.O3S/c1-21(2)15-18-14(17-12-7-6-8-13(11-12)30(26,27)28)19-16(20-15)22(3)9-10-23(4)29(5,24)25;2*1-2;1-4(2)3/h6-8,11H,9-10H2,1-5H3,(H,26,27,28)(H,17,18,19,20);2*1-2H3;. The molecule has 1 aromatic heterocycles. The molecule has 0 unspecified atom stereocenters. The molecule has 2 N–H and O–H groups in total. The molecule has 0 saturated carbocycles. The smallest absolute Gasteiger partial charge is 0.347 e. The molecule has 0 atom stereocenters. The third-order valence-corrected chi connectivity index (χ3v) is 6.22. The van der Waals surface area contributed by atoms with E-state index in [0.29, 0.717) is 24.1 Å². The first-order valence-electron chi connectivity index (χ1n) is 11.2. The van der Waals surface area contributed by atoms with E-state index >= 15 is 0 Å². The molecular formula is C20H37N7O8S3. The third-order valence-electron chi connectivity index (χ3n) is 4.06. The molecule has 1 heterocycles. The van der Waals surface area contributed by atoms with E-state index in [1.165, 1.54) is 29.6 Å². The van der Waals surface area contributed by atoms with Crippen LogP contribution in [0.15, 0.2) is 29.2 Å². The molecule has 0 radical (unpaired) electrons. The summed E-state index contributed by atoms with van der Waals surface area (Å²) in [6.45, 7) is 8.57. The predicted octanol–water partition coefficient (Wildman–Crippen LogP) is 1.30. The minimum Gasteiger partial charge on any atom is -0.347 e. The van der Waals surface area contributed by atoms with Crippen LogP contribution in [0.3, 0.4) is 0 Å². The molecule has 0 aliphatic rings. The van der Waals surface area contributed by atoms with Gasteiger partial charge in [-0.1, -0.05) is 33.8 Å². The lowest BCUT2D eigenvalue weighted by Crippen LogP contribution is -2.35. The monoisotopic (exact) mass is 599 g/mol. The van der Waals surface area contributed by atoms with Crippen molar-refractivity contribution in [1.82, 2.24) is 19.3 Å². The molecular weight excluding hydrogens is 562 g/mol. The van der Waals surface area contributed by atoms with Crippen LogP contribution in [0.25, 0.3) is 0 Å². The van der Waals surface area contributed by atoms with Crippen molar-refractivity contribution in [2.45, 2.75) is 32.6 Å². The number of anilines is 4. The Kier molecular flexibility index (Phi) is 17.2. The van der Waals surface area contributed by atoms with Crippen LogP contribution in [0.5, 0.6) is 0 Å². The summed E-state index contributed by atoms with van der Waals surface area (Å²) in [7, 11) is -4.07. The van der Waals surface area contributed by atoms with Crippen LogP contribution in [-0.4, -0.2) is 101 Å². The second-order valence-corrected chi connectivity index (χ2v) is 10.9. The largest absolute Gasteiger partial charge is 0.425 e. The van der Waals surface area contributed by atoms with Crippen molar-refractivity contribution in [1.29, 1.82) is 0 Å². The van der Waals surface area contributed by atoms with E-state index in [-0.39, 0.29) is 17.4 Å². The summed E-state index contributed by atoms with van der Waals surface area (Å²) in [6.07, 6.45) is 1.13. The van der Waals surface area contributed by atoms with Crippen molar-refractivity contribution in [2.75, 3.05) is 62.7 Å². The predicted molar refractivity (Wildman–Crippen MR) is 147 cm³/mol. The topological polar surface area (TPSA) is 200 Å². The highest BCUT2D eigenvalue weighted by atomic mass is 32.2. The SMILES string of the molecule is CC.CC.CN(C)c1nc(Nc2cccc(S(=O)(=O)O)c2)nc(N(C)CCN(C)S(C)(=O)=O)n1.O=S(=O)=O. The molecule has 0 bridgehead atoms. The van der Waals surface area contributed by atoms with Crippen LogP contribution in [0.4, 0.5) is 23.5 Å². The molecule has 0 aliphatic carbocycles. The number of hydrogen-bond acceptors (Lipinski definition) is 13. The van der Waals surface area contributed by atoms with Gasteiger partial charge in [0.25, 0.3) is 10.1 Å². The average molecular weight is 600 g/mol. The summed E-state index contributed by atoms with van der Waals surface area (Å²) in [5.74, 6) is 0.792. The van der Waals surface area contributed by atoms with Crippen LogP contribution >= 0.6 is 0 Å². The second-order valence-electron chi connectivity index (χ2n) is 6.99. The molecule has 38 heavy (non-hydrogen) atoms. The number of rotatable bonds is 9. The van der Waals surface area contributed by atoms with Gasteiger partial charge in [-0.05, 0) is 18.2 Å². The Morgan fingerprint density at radius 1 is 0.868 bits per heavy atom. The molecule has 2 rings (SSSR count). The van der Waals surface area contributed by atoms with Gasteiger partial charge in [0.15, 0.2) is 0 Å². The highest BCUT2D eigenvalue weighted by Gasteiger charge is 2.16. The number of nitrogens with zero attached hydrogens (tertiary/aromatic N) is 6. The summed E-state index contributed by atoms with van der Waals surface area (Å²) in [6, 6.07) is 5.57. The van der Waals surface area contributed by atoms with Crippen molar-refractivity contribution >= 4 is 54.3 Å². The van der Waals surface area contributed by atoms with E-state index in [4.69, 9.17) is 12.6 Å². The molecule has 18 heteroatoms. The number of nitrogens with one attached hydrogen (secondary N) is 1. The first-order valence-corrected chi connectivity index (χ1v) is 15.5. The normalized spacial score (nSPS) is 10.5. The number of sulfonamides is 1. The quantitative estimate of drug-likeness (QED) is 0.391. The van der Waals surface area contributed by atoms with E-state index in [2.05, 4.69) is 20.3 Å². The fraction of sp³-hybridized carbons (Fsp3) is 0.550. The molecule has 2 aromatic rings. The molecule has 0 spiro atoms. The van der Waals surface area contributed by atoms with Gasteiger partial charge < -0.3 is 15.1 Å². The van der Waals surface area contributed by atoms with Gasteiger partial charge in [-0.3, -0.25) is 4.55 Å². The molecule has 0 fully saturated rings. The van der Waals surface area contributed by atoms with Gasteiger partial charge in [-0.2, -0.15) is 23.4 Å². The lowest BCUT2D eigenvalue weighted by atomic mass is 10.3. The Hall–Kier alpha value is -2.93. The van der Waals surface area contributed by atoms with Crippen molar-refractivity contribution in [3.63, 3.8) is 0 Å². The van der Waals surface area contributed by atoms with Crippen LogP contribution in [0, 0.1) is 0 Å². The van der Waals surface area contributed by atoms with Gasteiger partial charge in [0.1, 0.15) is 0 Å². The zero-order valence-corrected chi connectivity index (χ0v) is 25.4. The van der Waals surface area contributed by atoms with Crippen LogP contribution < -0.4 is 15.1 Å². The lowest BCUT2D eigenvalue weighted by molar-refractivity contribution is 0.478. The fourth-order valence-electron chi connectivity index (χ4n) is 2.20. The van der Waals surface area contributed by atoms with Crippen molar-refractivity contribution in [2.24, 2.45) is 0 Å². The second kappa shape index (κ2) is 17.6. The fourth-order valence-corrected chi connectivity index (χ4v) is 3.14. The van der Waals surface area contributed by atoms with Gasteiger partial charge in [0.2, 0.25) is 27.9 Å². The van der Waals surface area contributed by atoms with Crippen LogP contribution in [-0.2, 0) is 30.8 Å². The maximum absolute atomic E-state index is 11.6. The summed E-state index contributed by atoms with van der Waals surface area (Å²) >= 11 is 0. The van der Waals surface area contributed by atoms with Crippen molar-refractivity contribution in [3.05, 3.63) is 24.3 Å². The molecule has 0 amide bonds. The van der Waals surface area contributed by atoms with Gasteiger partial charge in [0.05, 0.1) is 11.2 Å². The zero-order valence-electron chi connectivity index (χ0n) is 22.9. The average Bonchev–Trinajstić information content (AvgIpc) is 2.83. The Morgan fingerprint density at radius 3 is 1.82 bits per heavy atom. The minimum atomic E-state index is -4.35. The Morgan fingerprint density at radius 2 is 1.37 bits per heavy atom. The van der Waals surface area contributed by atoms with Crippen molar-refractivity contribution < 1.29 is 34.0 Å². The minimum absolute atomic E-state index is 0.152. The summed E-state index contributed by atoms with van der Waals surface area (Å²) < 4.78 is 81.6. The van der Waals surface area contributed by atoms with Gasteiger partial charge in [0, 0.05) is 47.0 Å². The lowest BCUT2D eigenvalue weighted by Gasteiger charge is -2.22. The summed E-state index contributed by atoms with van der Waals surface area (Å²) in [5.41, 5.74) is 0.353. The van der Waals surface area contributed by atoms with Crippen LogP contribution in [0.1, 0.15) is 27.7 Å². The van der Waals surface area contributed by atoms with E-state index in [0.717, 1.165) is 6.26 Å². The molecule has 0 saturated heterocycles. The van der Waals surface area contributed by atoms with Gasteiger partial charge in [-0.15, -0.1) is 12.6 Å². The Labute approximate surface area is 226 Å². The first-order chi connectivity index (χ1) is 17.5. The van der Waals surface area contributed by atoms with Crippen LogP contribution in [0.2, 0.25) is 0 Å². The third kappa shape index (κ3) is 14.7. The molecule has 0 aliphatic heterocycles. The van der Waals surface area contributed by atoms with Gasteiger partial charge >= 0.3 is 10.6 Å². The maximum atomic E-state index is 11.6. The number of hydrogen-bond donors (Lipinski definition) is 2.